The Labute approximate surface area is 122 Å². The van der Waals surface area contributed by atoms with E-state index in [2.05, 4.69) is 0 Å². The van der Waals surface area contributed by atoms with Gasteiger partial charge < -0.3 is 0 Å². The van der Waals surface area contributed by atoms with Crippen LogP contribution in [0.15, 0.2) is 42.5 Å². The maximum Gasteiger partial charge on any atom is 0.416 e. The van der Waals surface area contributed by atoms with Crippen LogP contribution in [0.25, 0.3) is 11.1 Å². The highest BCUT2D eigenvalue weighted by atomic mass is 32.2. The first-order chi connectivity index (χ1) is 9.77. The van der Waals surface area contributed by atoms with Gasteiger partial charge in [-0.2, -0.15) is 13.2 Å². The first-order valence-corrected chi connectivity index (χ1v) is 7.52. The van der Waals surface area contributed by atoms with Gasteiger partial charge in [0.15, 0.2) is 0 Å². The van der Waals surface area contributed by atoms with E-state index in [9.17, 15) is 21.6 Å². The summed E-state index contributed by atoms with van der Waals surface area (Å²) in [6.07, 6.45) is -4.39. The molecular weight excluding hydrogens is 301 g/mol. The fourth-order valence-electron chi connectivity index (χ4n) is 2.06. The molecule has 0 amide bonds. The van der Waals surface area contributed by atoms with Crippen LogP contribution in [0.2, 0.25) is 0 Å². The van der Waals surface area contributed by atoms with Crippen molar-refractivity contribution in [3.63, 3.8) is 0 Å². The zero-order valence-corrected chi connectivity index (χ0v) is 12.0. The molecule has 0 aromatic heterocycles. The van der Waals surface area contributed by atoms with Crippen molar-refractivity contribution >= 4 is 10.7 Å². The monoisotopic (exact) mass is 314 g/mol. The molecule has 0 saturated carbocycles. The lowest BCUT2D eigenvalue weighted by Crippen LogP contribution is -2.07. The summed E-state index contributed by atoms with van der Waals surface area (Å²) in [7, 11) is -2.51. The molecule has 6 heteroatoms. The van der Waals surface area contributed by atoms with Crippen LogP contribution in [0.4, 0.5) is 13.2 Å². The quantitative estimate of drug-likeness (QED) is 0.875. The molecule has 2 aromatic carbocycles. The maximum absolute atomic E-state index is 12.9. The van der Waals surface area contributed by atoms with Gasteiger partial charge in [-0.05, 0) is 35.2 Å². The lowest BCUT2D eigenvalue weighted by Gasteiger charge is -2.12. The second kappa shape index (κ2) is 5.89. The highest BCUT2D eigenvalue weighted by Gasteiger charge is 2.32. The molecular formula is C15H13F3O2S. The first-order valence-electron chi connectivity index (χ1n) is 6.16. The number of halogens is 3. The van der Waals surface area contributed by atoms with Gasteiger partial charge in [0.1, 0.15) is 10.7 Å². The Morgan fingerprint density at radius 2 is 1.52 bits per heavy atom. The molecule has 2 aromatic rings. The van der Waals surface area contributed by atoms with Gasteiger partial charge >= 0.3 is 6.18 Å². The number of benzene rings is 2. The molecule has 2 rings (SSSR count). The summed E-state index contributed by atoms with van der Waals surface area (Å²) in [4.78, 5) is 0. The summed E-state index contributed by atoms with van der Waals surface area (Å²) in [5.74, 6) is -0.0721. The molecule has 0 saturated heterocycles. The molecule has 0 N–H and O–H groups in total. The van der Waals surface area contributed by atoms with Crippen molar-refractivity contribution in [2.75, 3.05) is 0 Å². The average Bonchev–Trinajstić information content (AvgIpc) is 2.38. The molecule has 0 aliphatic rings. The summed E-state index contributed by atoms with van der Waals surface area (Å²) in [6.45, 7) is 1.42. The van der Waals surface area contributed by atoms with E-state index in [1.54, 1.807) is 30.3 Å². The number of thiol groups is 1. The Kier molecular flexibility index (Phi) is 4.37. The fraction of sp³-hybridized carbons (Fsp3) is 0.200. The van der Waals surface area contributed by atoms with Crippen LogP contribution >= 0.6 is 0 Å². The Morgan fingerprint density at radius 3 is 2.05 bits per heavy atom. The van der Waals surface area contributed by atoms with Crippen LogP contribution in [0, 0.1) is 6.92 Å². The molecule has 0 atom stereocenters. The van der Waals surface area contributed by atoms with Crippen LogP contribution in [-0.2, 0) is 22.6 Å². The number of hydrogen-bond acceptors (Lipinski definition) is 2. The lowest BCUT2D eigenvalue weighted by molar-refractivity contribution is -0.138. The van der Waals surface area contributed by atoms with Gasteiger partial charge in [0, 0.05) is 0 Å². The fourth-order valence-corrected chi connectivity index (χ4v) is 2.57. The van der Waals surface area contributed by atoms with E-state index in [0.29, 0.717) is 16.7 Å². The zero-order chi connectivity index (χ0) is 15.6. The predicted molar refractivity (Wildman–Crippen MR) is 75.6 cm³/mol. The maximum atomic E-state index is 12.9. The Hall–Kier alpha value is -1.82. The smallest absolute Gasteiger partial charge is 0.232 e. The summed E-state index contributed by atoms with van der Waals surface area (Å²) in [6, 6.07) is 10.6. The molecule has 112 valence electrons. The van der Waals surface area contributed by atoms with Gasteiger partial charge in [0.05, 0.1) is 11.3 Å². The standard InChI is InChI=1S/C15H13F3O2S/c1-10-2-5-13(8-14(10)15(16,17)18)12-6-3-11(4-7-12)9-21(19)20/h2-8,21H,9H2,1H3. The number of alkyl halides is 3. The first kappa shape index (κ1) is 15.6. The third-order valence-electron chi connectivity index (χ3n) is 3.14. The topological polar surface area (TPSA) is 34.1 Å². The number of aryl methyl sites for hydroxylation is 1. The van der Waals surface area contributed by atoms with E-state index >= 15 is 0 Å². The van der Waals surface area contributed by atoms with Gasteiger partial charge in [-0.25, -0.2) is 8.42 Å². The van der Waals surface area contributed by atoms with Crippen molar-refractivity contribution in [3.05, 3.63) is 59.2 Å². The molecule has 0 heterocycles. The largest absolute Gasteiger partial charge is 0.416 e. The molecule has 0 unspecified atom stereocenters. The van der Waals surface area contributed by atoms with Crippen molar-refractivity contribution in [1.82, 2.24) is 0 Å². The van der Waals surface area contributed by atoms with Gasteiger partial charge in [-0.15, -0.1) is 0 Å². The van der Waals surface area contributed by atoms with Crippen molar-refractivity contribution in [3.8, 4) is 11.1 Å². The highest BCUT2D eigenvalue weighted by molar-refractivity contribution is 7.71. The minimum atomic E-state index is -4.39. The number of hydrogen-bond donors (Lipinski definition) is 1. The van der Waals surface area contributed by atoms with Crippen molar-refractivity contribution in [1.29, 1.82) is 0 Å². The SMILES string of the molecule is Cc1ccc(-c2ccc(C[SH](=O)=O)cc2)cc1C(F)(F)F. The average molecular weight is 314 g/mol. The summed E-state index contributed by atoms with van der Waals surface area (Å²) >= 11 is 0. The molecule has 0 aliphatic carbocycles. The van der Waals surface area contributed by atoms with Gasteiger partial charge in [-0.3, -0.25) is 0 Å². The van der Waals surface area contributed by atoms with Crippen LogP contribution in [0.3, 0.4) is 0 Å². The normalized spacial score (nSPS) is 11.9. The van der Waals surface area contributed by atoms with Crippen LogP contribution in [0.5, 0.6) is 0 Å². The van der Waals surface area contributed by atoms with Gasteiger partial charge in [-0.1, -0.05) is 36.4 Å². The molecule has 21 heavy (non-hydrogen) atoms. The number of rotatable bonds is 3. The van der Waals surface area contributed by atoms with E-state index < -0.39 is 22.4 Å². The zero-order valence-electron chi connectivity index (χ0n) is 11.1. The highest BCUT2D eigenvalue weighted by Crippen LogP contribution is 2.34. The molecule has 0 bridgehead atoms. The third kappa shape index (κ3) is 3.85. The molecule has 0 aliphatic heterocycles. The molecule has 0 spiro atoms. The second-order valence-corrected chi connectivity index (χ2v) is 5.70. The van der Waals surface area contributed by atoms with Crippen molar-refractivity contribution in [2.24, 2.45) is 0 Å². The van der Waals surface area contributed by atoms with E-state index in [1.807, 2.05) is 0 Å². The lowest BCUT2D eigenvalue weighted by atomic mass is 9.99. The van der Waals surface area contributed by atoms with Crippen molar-refractivity contribution < 1.29 is 21.6 Å². The molecule has 0 fully saturated rings. The summed E-state index contributed by atoms with van der Waals surface area (Å²) in [5.41, 5.74) is 1.19. The van der Waals surface area contributed by atoms with E-state index in [1.165, 1.54) is 13.0 Å². The van der Waals surface area contributed by atoms with E-state index in [-0.39, 0.29) is 11.3 Å². The summed E-state index contributed by atoms with van der Waals surface area (Å²) < 4.78 is 59.9. The minimum absolute atomic E-state index is 0.0721. The Bertz CT molecular complexity index is 709. The second-order valence-electron chi connectivity index (χ2n) is 4.72. The van der Waals surface area contributed by atoms with Crippen LogP contribution in [0.1, 0.15) is 16.7 Å². The van der Waals surface area contributed by atoms with Crippen LogP contribution < -0.4 is 0 Å². The van der Waals surface area contributed by atoms with Gasteiger partial charge in [0.25, 0.3) is 0 Å². The Balaban J connectivity index is 2.38. The predicted octanol–water partition coefficient (Wildman–Crippen LogP) is 3.79. The van der Waals surface area contributed by atoms with Crippen molar-refractivity contribution in [2.45, 2.75) is 18.9 Å². The van der Waals surface area contributed by atoms with E-state index in [0.717, 1.165) is 6.07 Å². The summed E-state index contributed by atoms with van der Waals surface area (Å²) in [5, 5.41) is 0. The Morgan fingerprint density at radius 1 is 0.952 bits per heavy atom. The molecule has 0 radical (unpaired) electrons. The van der Waals surface area contributed by atoms with E-state index in [4.69, 9.17) is 0 Å². The van der Waals surface area contributed by atoms with Crippen LogP contribution in [-0.4, -0.2) is 8.42 Å². The van der Waals surface area contributed by atoms with Gasteiger partial charge in [0.2, 0.25) is 0 Å². The molecule has 2 nitrogen and oxygen atoms in total. The third-order valence-corrected chi connectivity index (χ3v) is 3.77. The minimum Gasteiger partial charge on any atom is -0.232 e.